The van der Waals surface area contributed by atoms with Crippen molar-refractivity contribution in [3.63, 3.8) is 0 Å². The fourth-order valence-corrected chi connectivity index (χ4v) is 4.52. The Hall–Kier alpha value is 0.410. The van der Waals surface area contributed by atoms with Crippen molar-refractivity contribution in [3.05, 3.63) is 18.6 Å². The van der Waals surface area contributed by atoms with Crippen LogP contribution in [0.1, 0.15) is 78.6 Å². The van der Waals surface area contributed by atoms with Crippen molar-refractivity contribution in [3.8, 4) is 0 Å². The summed E-state index contributed by atoms with van der Waals surface area (Å²) in [6.45, 7) is 7.61. The molecule has 1 heterocycles. The SMILES string of the molecule is CCCCCC1=C(I)C(=O)/C(=C(\I)CCCCC)N1CCC. The molecule has 0 spiro atoms. The molecule has 0 radical (unpaired) electrons. The molecular weight excluding hydrogens is 500 g/mol. The number of rotatable bonds is 10. The maximum Gasteiger partial charge on any atom is 0.217 e. The lowest BCUT2D eigenvalue weighted by Gasteiger charge is -2.24. The van der Waals surface area contributed by atoms with Gasteiger partial charge in [-0.25, -0.2) is 0 Å². The van der Waals surface area contributed by atoms with Crippen LogP contribution >= 0.6 is 45.2 Å². The maximum absolute atomic E-state index is 12.7. The van der Waals surface area contributed by atoms with E-state index in [4.69, 9.17) is 0 Å². The smallest absolute Gasteiger partial charge is 0.217 e. The minimum atomic E-state index is 0.265. The van der Waals surface area contributed by atoms with Gasteiger partial charge in [0.1, 0.15) is 0 Å². The second kappa shape index (κ2) is 11.0. The first-order valence-electron chi connectivity index (χ1n) is 8.67. The van der Waals surface area contributed by atoms with E-state index in [9.17, 15) is 4.79 Å². The molecule has 0 bridgehead atoms. The Bertz CT molecular complexity index is 440. The Morgan fingerprint density at radius 2 is 1.64 bits per heavy atom. The zero-order chi connectivity index (χ0) is 16.5. The van der Waals surface area contributed by atoms with Crippen LogP contribution in [0, 0.1) is 0 Å². The van der Waals surface area contributed by atoms with Crippen molar-refractivity contribution in [1.82, 2.24) is 4.90 Å². The number of allylic oxidation sites excluding steroid dienone is 3. The molecule has 1 aliphatic rings. The summed E-state index contributed by atoms with van der Waals surface area (Å²) in [5.41, 5.74) is 2.26. The van der Waals surface area contributed by atoms with Crippen LogP contribution in [0.5, 0.6) is 0 Å². The van der Waals surface area contributed by atoms with Gasteiger partial charge in [0.25, 0.3) is 0 Å². The Morgan fingerprint density at radius 3 is 2.23 bits per heavy atom. The Balaban J connectivity index is 2.94. The number of hydrogen-bond acceptors (Lipinski definition) is 2. The molecule has 0 aromatic carbocycles. The number of ketones is 1. The van der Waals surface area contributed by atoms with E-state index in [1.807, 2.05) is 0 Å². The summed E-state index contributed by atoms with van der Waals surface area (Å²) in [5.74, 6) is 0.265. The number of unbranched alkanes of at least 4 members (excludes halogenated alkanes) is 4. The zero-order valence-corrected chi connectivity index (χ0v) is 18.5. The van der Waals surface area contributed by atoms with Crippen molar-refractivity contribution in [2.45, 2.75) is 78.6 Å². The minimum absolute atomic E-state index is 0.265. The molecule has 4 heteroatoms. The van der Waals surface area contributed by atoms with Crippen molar-refractivity contribution in [1.29, 1.82) is 0 Å². The van der Waals surface area contributed by atoms with Gasteiger partial charge in [0.15, 0.2) is 0 Å². The van der Waals surface area contributed by atoms with Gasteiger partial charge < -0.3 is 4.90 Å². The summed E-state index contributed by atoms with van der Waals surface area (Å²) >= 11 is 4.68. The highest BCUT2D eigenvalue weighted by Crippen LogP contribution is 2.39. The topological polar surface area (TPSA) is 20.3 Å². The van der Waals surface area contributed by atoms with E-state index in [0.717, 1.165) is 35.1 Å². The Kier molecular flexibility index (Phi) is 10.3. The quantitative estimate of drug-likeness (QED) is 0.178. The molecule has 0 atom stereocenters. The molecule has 0 amide bonds. The van der Waals surface area contributed by atoms with Crippen LogP contribution in [-0.4, -0.2) is 17.2 Å². The van der Waals surface area contributed by atoms with Crippen molar-refractivity contribution < 1.29 is 4.79 Å². The van der Waals surface area contributed by atoms with E-state index >= 15 is 0 Å². The monoisotopic (exact) mass is 529 g/mol. The second-order valence-electron chi connectivity index (χ2n) is 5.91. The predicted molar refractivity (Wildman–Crippen MR) is 112 cm³/mol. The van der Waals surface area contributed by atoms with E-state index in [-0.39, 0.29) is 5.78 Å². The molecule has 1 aliphatic heterocycles. The predicted octanol–water partition coefficient (Wildman–Crippen LogP) is 6.73. The van der Waals surface area contributed by atoms with Gasteiger partial charge >= 0.3 is 0 Å². The molecule has 0 aromatic rings. The summed E-state index contributed by atoms with van der Waals surface area (Å²) in [7, 11) is 0. The third-order valence-electron chi connectivity index (χ3n) is 3.98. The first kappa shape index (κ1) is 20.5. The fraction of sp³-hybridized carbons (Fsp3) is 0.722. The molecule has 126 valence electrons. The summed E-state index contributed by atoms with van der Waals surface area (Å²) < 4.78 is 2.21. The number of carbonyl (C=O) groups is 1. The van der Waals surface area contributed by atoms with Gasteiger partial charge in [-0.1, -0.05) is 46.5 Å². The summed E-state index contributed by atoms with van der Waals surface area (Å²) in [6.07, 6.45) is 10.5. The van der Waals surface area contributed by atoms with Gasteiger partial charge in [0.05, 0.1) is 9.28 Å². The van der Waals surface area contributed by atoms with E-state index in [0.29, 0.717) is 0 Å². The third-order valence-corrected chi connectivity index (χ3v) is 6.15. The van der Waals surface area contributed by atoms with Crippen molar-refractivity contribution in [2.24, 2.45) is 0 Å². The fourth-order valence-electron chi connectivity index (χ4n) is 2.79. The van der Waals surface area contributed by atoms with Gasteiger partial charge in [-0.05, 0) is 77.3 Å². The van der Waals surface area contributed by atoms with Gasteiger partial charge in [-0.15, -0.1) is 0 Å². The zero-order valence-electron chi connectivity index (χ0n) is 14.2. The molecule has 2 nitrogen and oxygen atoms in total. The molecule has 0 N–H and O–H groups in total. The average molecular weight is 529 g/mol. The summed E-state index contributed by atoms with van der Waals surface area (Å²) in [5, 5.41) is 0. The molecule has 0 aromatic heterocycles. The number of carbonyl (C=O) groups excluding carboxylic acids is 1. The van der Waals surface area contributed by atoms with Gasteiger partial charge in [-0.2, -0.15) is 0 Å². The molecule has 0 fully saturated rings. The first-order valence-corrected chi connectivity index (χ1v) is 10.8. The highest BCUT2D eigenvalue weighted by molar-refractivity contribution is 14.1. The number of Topliss-reactive ketones (excluding diaryl/α,β-unsaturated/α-hetero) is 1. The van der Waals surface area contributed by atoms with Crippen LogP contribution in [0.2, 0.25) is 0 Å². The van der Waals surface area contributed by atoms with Gasteiger partial charge in [0.2, 0.25) is 5.78 Å². The number of nitrogens with zero attached hydrogens (tertiary/aromatic N) is 1. The van der Waals surface area contributed by atoms with Crippen LogP contribution in [0.4, 0.5) is 0 Å². The maximum atomic E-state index is 12.7. The number of hydrogen-bond donors (Lipinski definition) is 0. The van der Waals surface area contributed by atoms with Crippen molar-refractivity contribution in [2.75, 3.05) is 6.54 Å². The highest BCUT2D eigenvalue weighted by Gasteiger charge is 2.34. The van der Waals surface area contributed by atoms with E-state index in [1.165, 1.54) is 47.8 Å². The second-order valence-corrected chi connectivity index (χ2v) is 8.29. The molecule has 1 rings (SSSR count). The highest BCUT2D eigenvalue weighted by atomic mass is 127. The lowest BCUT2D eigenvalue weighted by molar-refractivity contribution is -0.111. The van der Waals surface area contributed by atoms with Crippen LogP contribution in [0.3, 0.4) is 0 Å². The third kappa shape index (κ3) is 5.49. The van der Waals surface area contributed by atoms with E-state index in [1.54, 1.807) is 0 Å². The molecule has 0 aliphatic carbocycles. The molecule has 0 unspecified atom stereocenters. The molecule has 0 saturated heterocycles. The first-order chi connectivity index (χ1) is 10.6. The molecule has 0 saturated carbocycles. The van der Waals surface area contributed by atoms with E-state index in [2.05, 4.69) is 70.9 Å². The Labute approximate surface area is 163 Å². The molecular formula is C18H29I2NO. The van der Waals surface area contributed by atoms with E-state index < -0.39 is 0 Å². The van der Waals surface area contributed by atoms with Crippen molar-refractivity contribution >= 4 is 51.0 Å². The molecule has 22 heavy (non-hydrogen) atoms. The van der Waals surface area contributed by atoms with Crippen LogP contribution in [0.25, 0.3) is 0 Å². The lowest BCUT2D eigenvalue weighted by atomic mass is 10.1. The van der Waals surface area contributed by atoms with Crippen LogP contribution < -0.4 is 0 Å². The largest absolute Gasteiger partial charge is 0.340 e. The number of halogens is 2. The Morgan fingerprint density at radius 1 is 1.00 bits per heavy atom. The van der Waals surface area contributed by atoms with Crippen LogP contribution in [-0.2, 0) is 4.79 Å². The van der Waals surface area contributed by atoms with Crippen LogP contribution in [0.15, 0.2) is 18.6 Å². The summed E-state index contributed by atoms with van der Waals surface area (Å²) in [4.78, 5) is 15.1. The normalized spacial score (nSPS) is 17.7. The average Bonchev–Trinajstić information content (AvgIpc) is 2.73. The summed E-state index contributed by atoms with van der Waals surface area (Å²) in [6, 6.07) is 0. The standard InChI is InChI=1S/C18H29I2NO/c1-4-7-9-11-14(19)17-18(22)16(20)15(12-10-8-5-2)21(17)13-6-3/h4-13H2,1-3H3/b17-14+. The van der Waals surface area contributed by atoms with Gasteiger partial charge in [-0.3, -0.25) is 4.79 Å². The minimum Gasteiger partial charge on any atom is -0.340 e. The lowest BCUT2D eigenvalue weighted by Crippen LogP contribution is -2.22. The van der Waals surface area contributed by atoms with Gasteiger partial charge in [0, 0.05) is 15.8 Å².